The van der Waals surface area contributed by atoms with Gasteiger partial charge in [0.2, 0.25) is 0 Å². The fourth-order valence-corrected chi connectivity index (χ4v) is 14.2. The summed E-state index contributed by atoms with van der Waals surface area (Å²) in [6, 6.07) is 82.2. The number of aromatic nitrogens is 20. The molecule has 0 unspecified atom stereocenters. The Labute approximate surface area is 758 Å². The number of ether oxygens (including phenoxy) is 6. The summed E-state index contributed by atoms with van der Waals surface area (Å²) in [6.45, 7) is 19.9. The third kappa shape index (κ3) is 22.5. The molecule has 0 radical (unpaired) electrons. The second kappa shape index (κ2) is 42.2. The molecule has 0 aliphatic carbocycles. The quantitative estimate of drug-likeness (QED) is 0.0574. The van der Waals surface area contributed by atoms with Gasteiger partial charge < -0.3 is 28.4 Å². The first-order chi connectivity index (χ1) is 62.2. The second-order valence-corrected chi connectivity index (χ2v) is 32.0. The van der Waals surface area contributed by atoms with Crippen molar-refractivity contribution in [2.75, 3.05) is 0 Å². The van der Waals surface area contributed by atoms with Crippen molar-refractivity contribution in [2.45, 2.75) is 95.3 Å². The molecule has 0 saturated carbocycles. The molecular formula is C96H94Br2N20O11. The number of benzene rings is 12. The van der Waals surface area contributed by atoms with E-state index in [1.165, 1.54) is 57.9 Å². The van der Waals surface area contributed by atoms with Gasteiger partial charge in [0.05, 0.1) is 0 Å². The van der Waals surface area contributed by atoms with E-state index < -0.39 is 0 Å². The van der Waals surface area contributed by atoms with E-state index in [0.717, 1.165) is 98.3 Å². The monoisotopic (exact) mass is 1860 g/mol. The molecule has 0 atom stereocenters. The zero-order chi connectivity index (χ0) is 91.5. The molecule has 5 heterocycles. The number of rotatable bonds is 23. The fraction of sp³-hybridized carbons (Fsp3) is 0.198. The maximum atomic E-state index is 12.2. The molecule has 0 saturated heterocycles. The SMILES string of the molecule is Cc1cc(Br)ccc1COc1c(C)cccc1-n1nnn(C)c1=O.Cc1cc(COc2c(C)cccc2-n2nnn(C)c2=O)c(C)cc1Br.Cc1ccc(COc2c(C)cccc2-n2nnn(C)c2=O)cc1.Cc1cccc(-n2nnn(C)c2=O)c1OCc1ccc(-c2ccccc2)cc1.Cc1cccc(-n2nnn(C)c2=O)c1OCc1ccc(Oc2ccccc2)cc1. The van der Waals surface area contributed by atoms with Gasteiger partial charge in [0.15, 0.2) is 0 Å². The maximum absolute atomic E-state index is 12.2. The van der Waals surface area contributed by atoms with Crippen molar-refractivity contribution in [3.8, 4) is 79.8 Å². The number of aryl methyl sites for hydroxylation is 14. The number of hydrogen-bond donors (Lipinski definition) is 0. The van der Waals surface area contributed by atoms with E-state index in [-0.39, 0.29) is 28.4 Å². The molecule has 129 heavy (non-hydrogen) atoms. The smallest absolute Gasteiger partial charge is 0.368 e. The normalized spacial score (nSPS) is 10.8. The first-order valence-electron chi connectivity index (χ1n) is 40.8. The van der Waals surface area contributed by atoms with Crippen molar-refractivity contribution in [3.63, 3.8) is 0 Å². The van der Waals surface area contributed by atoms with Crippen LogP contribution < -0.4 is 56.9 Å². The van der Waals surface area contributed by atoms with Crippen LogP contribution in [-0.4, -0.2) is 99.0 Å². The number of hydrogen-bond acceptors (Lipinski definition) is 21. The summed E-state index contributed by atoms with van der Waals surface area (Å²) in [7, 11) is 7.82. The van der Waals surface area contributed by atoms with Crippen molar-refractivity contribution >= 4 is 31.9 Å². The molecule has 0 aliphatic heterocycles. The van der Waals surface area contributed by atoms with Crippen LogP contribution in [0.2, 0.25) is 0 Å². The van der Waals surface area contributed by atoms with E-state index in [1.807, 2.05) is 231 Å². The van der Waals surface area contributed by atoms with E-state index in [2.05, 4.69) is 139 Å². The van der Waals surface area contributed by atoms with Crippen LogP contribution >= 0.6 is 31.9 Å². The predicted molar refractivity (Wildman–Crippen MR) is 497 cm³/mol. The number of nitrogens with zero attached hydrogens (tertiary/aromatic N) is 20. The molecular weight excluding hydrogens is 1770 g/mol. The lowest BCUT2D eigenvalue weighted by Crippen LogP contribution is -2.22. The Hall–Kier alpha value is -15.3. The van der Waals surface area contributed by atoms with Gasteiger partial charge in [-0.25, -0.2) is 24.0 Å². The second-order valence-electron chi connectivity index (χ2n) is 30.2. The van der Waals surface area contributed by atoms with Gasteiger partial charge in [-0.15, -0.1) is 0 Å². The van der Waals surface area contributed by atoms with Crippen LogP contribution in [-0.2, 0) is 68.3 Å². The Morgan fingerprint density at radius 2 is 0.550 bits per heavy atom. The zero-order valence-electron chi connectivity index (χ0n) is 73.5. The Morgan fingerprint density at radius 1 is 0.256 bits per heavy atom. The maximum Gasteiger partial charge on any atom is 0.368 e. The zero-order valence-corrected chi connectivity index (χ0v) is 76.6. The third-order valence-corrected chi connectivity index (χ3v) is 22.0. The van der Waals surface area contributed by atoms with Gasteiger partial charge in [-0.05, 0) is 271 Å². The van der Waals surface area contributed by atoms with E-state index in [4.69, 9.17) is 28.4 Å². The summed E-state index contributed by atoms with van der Waals surface area (Å²) in [6.07, 6.45) is 0. The number of halogens is 2. The molecule has 17 rings (SSSR count). The summed E-state index contributed by atoms with van der Waals surface area (Å²) < 4.78 is 50.3. The minimum Gasteiger partial charge on any atom is -0.486 e. The molecule has 0 aliphatic rings. The van der Waals surface area contributed by atoms with E-state index in [1.54, 1.807) is 65.6 Å². The molecule has 0 amide bonds. The molecule has 658 valence electrons. The first-order valence-corrected chi connectivity index (χ1v) is 42.4. The lowest BCUT2D eigenvalue weighted by atomic mass is 10.0. The van der Waals surface area contributed by atoms with Crippen LogP contribution in [0.15, 0.2) is 288 Å². The molecule has 0 fully saturated rings. The van der Waals surface area contributed by atoms with E-state index in [0.29, 0.717) is 90.2 Å². The highest BCUT2D eigenvalue weighted by Crippen LogP contribution is 2.34. The minimum atomic E-state index is -0.331. The molecule has 31 nitrogen and oxygen atoms in total. The number of tetrazole rings is 5. The Kier molecular flexibility index (Phi) is 29.9. The van der Waals surface area contributed by atoms with E-state index in [9.17, 15) is 24.0 Å². The first kappa shape index (κ1) is 91.4. The minimum absolute atomic E-state index is 0.309. The average molecular weight is 1860 g/mol. The molecule has 0 spiro atoms. The summed E-state index contributed by atoms with van der Waals surface area (Å²) in [4.78, 5) is 60.9. The van der Waals surface area contributed by atoms with Crippen molar-refractivity contribution in [2.24, 2.45) is 35.2 Å². The Bertz CT molecular complexity index is 7080. The van der Waals surface area contributed by atoms with Gasteiger partial charge in [0, 0.05) is 44.2 Å². The van der Waals surface area contributed by atoms with E-state index >= 15 is 0 Å². The largest absolute Gasteiger partial charge is 0.486 e. The van der Waals surface area contributed by atoms with Crippen molar-refractivity contribution in [3.05, 3.63) is 394 Å². The van der Waals surface area contributed by atoms with Crippen molar-refractivity contribution < 1.29 is 28.4 Å². The van der Waals surface area contributed by atoms with Gasteiger partial charge in [-0.3, -0.25) is 0 Å². The third-order valence-electron chi connectivity index (χ3n) is 20.6. The predicted octanol–water partition coefficient (Wildman–Crippen LogP) is 15.5. The molecule has 12 aromatic carbocycles. The van der Waals surface area contributed by atoms with Gasteiger partial charge in [-0.2, -0.15) is 46.8 Å². The lowest BCUT2D eigenvalue weighted by Gasteiger charge is -2.15. The van der Waals surface area contributed by atoms with Crippen LogP contribution in [0.4, 0.5) is 0 Å². The average Bonchev–Trinajstić information content (AvgIpc) is 1.78. The highest BCUT2D eigenvalue weighted by molar-refractivity contribution is 9.10. The molecule has 5 aromatic heterocycles. The highest BCUT2D eigenvalue weighted by Gasteiger charge is 2.22. The van der Waals surface area contributed by atoms with Crippen LogP contribution in [0.25, 0.3) is 39.6 Å². The summed E-state index contributed by atoms with van der Waals surface area (Å²) in [5, 5.41) is 38.4. The van der Waals surface area contributed by atoms with Crippen LogP contribution in [0.1, 0.15) is 77.9 Å². The van der Waals surface area contributed by atoms with Crippen molar-refractivity contribution in [1.82, 2.24) is 99.0 Å². The van der Waals surface area contributed by atoms with Crippen LogP contribution in [0.3, 0.4) is 0 Å². The Balaban J connectivity index is 0.000000138. The van der Waals surface area contributed by atoms with Crippen molar-refractivity contribution in [1.29, 1.82) is 0 Å². The van der Waals surface area contributed by atoms with Gasteiger partial charge in [0.1, 0.15) is 102 Å². The molecule has 17 aromatic rings. The van der Waals surface area contributed by atoms with Crippen LogP contribution in [0, 0.1) is 62.3 Å². The summed E-state index contributed by atoms with van der Waals surface area (Å²) >= 11 is 7.00. The standard InChI is InChI=1S/C22H20N4O3.C22H20N4O2.C18H19BrN4O2.C17H17BrN4O2.C17H18N4O2/c1-16-7-6-10-20(26-22(27)25(2)23-24-26)21(16)28-15-17-11-13-19(14-12-17)29-18-8-4-3-5-9-18;1-16-7-6-10-20(26-22(27)25(2)23-24-26)21(16)28-15-17-11-13-19(14-12-17)18-8-4-3-5-9-18;1-11-6-5-7-16(23-18(24)22(4)20-21-23)17(11)25-10-14-8-13(3)15(19)9-12(14)2;1-11-5-4-6-15(22-17(23)21(3)19-20-22)16(11)24-10-13-7-8-14(18)9-12(13)2;1-12-7-9-14(10-8-12)11-23-16-13(2)5-4-6-15(16)21-17(22)20(3)18-19-21/h3-14H,15H2,1-2H3;3-14H,15H2,1-2H3;5-9H,10H2,1-4H3;4-9H,10H2,1-3H3;4-10H,11H2,1-3H3. The topological polar surface area (TPSA) is 319 Å². The van der Waals surface area contributed by atoms with Crippen LogP contribution in [0.5, 0.6) is 40.2 Å². The highest BCUT2D eigenvalue weighted by atomic mass is 79.9. The fourth-order valence-electron chi connectivity index (χ4n) is 13.3. The lowest BCUT2D eigenvalue weighted by molar-refractivity contribution is 0.301. The van der Waals surface area contributed by atoms with Gasteiger partial charge >= 0.3 is 28.4 Å². The van der Waals surface area contributed by atoms with Gasteiger partial charge in [-0.1, -0.05) is 219 Å². The number of para-hydroxylation sites is 6. The summed E-state index contributed by atoms with van der Waals surface area (Å²) in [5.74, 6) is 4.65. The summed E-state index contributed by atoms with van der Waals surface area (Å²) in [5.41, 5.74) is 18.2. The van der Waals surface area contributed by atoms with Gasteiger partial charge in [0.25, 0.3) is 0 Å². The molecule has 0 bridgehead atoms. The molecule has 33 heteroatoms. The molecule has 0 N–H and O–H groups in total. The Morgan fingerprint density at radius 3 is 0.884 bits per heavy atom.